The van der Waals surface area contributed by atoms with Gasteiger partial charge in [-0.1, -0.05) is 6.92 Å². The quantitative estimate of drug-likeness (QED) is 0.464. The molecule has 3 heteroatoms. The van der Waals surface area contributed by atoms with E-state index in [0.29, 0.717) is 0 Å². The monoisotopic (exact) mass is 144 g/mol. The minimum atomic E-state index is -0.316. The van der Waals surface area contributed by atoms with E-state index in [0.717, 1.165) is 0 Å². The van der Waals surface area contributed by atoms with Gasteiger partial charge in [-0.05, 0) is 6.92 Å². The number of hydrazone groups is 1. The molecular formula is C7H16N2O. The minimum Gasteiger partial charge on any atom is -0.393 e. The van der Waals surface area contributed by atoms with Crippen molar-refractivity contribution in [3.63, 3.8) is 0 Å². The van der Waals surface area contributed by atoms with Crippen LogP contribution >= 0.6 is 0 Å². The summed E-state index contributed by atoms with van der Waals surface area (Å²) in [5.41, 5.74) is 0. The Bertz CT molecular complexity index is 110. The SMILES string of the molecule is C[C@H](/C=N/N(C)C)[C@@H](C)O. The maximum Gasteiger partial charge on any atom is 0.0587 e. The van der Waals surface area contributed by atoms with Crippen molar-refractivity contribution in [1.82, 2.24) is 5.01 Å². The first kappa shape index (κ1) is 9.43. The Morgan fingerprint density at radius 2 is 1.90 bits per heavy atom. The Morgan fingerprint density at radius 1 is 1.40 bits per heavy atom. The molecule has 3 nitrogen and oxygen atoms in total. The van der Waals surface area contributed by atoms with Crippen LogP contribution < -0.4 is 0 Å². The molecule has 1 N–H and O–H groups in total. The summed E-state index contributed by atoms with van der Waals surface area (Å²) in [6, 6.07) is 0. The van der Waals surface area contributed by atoms with Crippen LogP contribution in [0.2, 0.25) is 0 Å². The molecule has 0 aliphatic carbocycles. The molecule has 0 radical (unpaired) electrons. The third-order valence-electron chi connectivity index (χ3n) is 1.29. The second kappa shape index (κ2) is 4.28. The van der Waals surface area contributed by atoms with Crippen LogP contribution in [0.5, 0.6) is 0 Å². The van der Waals surface area contributed by atoms with Crippen LogP contribution in [0.3, 0.4) is 0 Å². The van der Waals surface area contributed by atoms with Gasteiger partial charge in [0.05, 0.1) is 6.10 Å². The molecule has 0 aromatic heterocycles. The Balaban J connectivity index is 3.66. The molecular weight excluding hydrogens is 128 g/mol. The first-order valence-corrected chi connectivity index (χ1v) is 3.43. The van der Waals surface area contributed by atoms with E-state index in [1.807, 2.05) is 21.0 Å². The average Bonchev–Trinajstić information content (AvgIpc) is 1.82. The van der Waals surface area contributed by atoms with Crippen molar-refractivity contribution < 1.29 is 5.11 Å². The summed E-state index contributed by atoms with van der Waals surface area (Å²) in [4.78, 5) is 0. The molecule has 0 fully saturated rings. The lowest BCUT2D eigenvalue weighted by atomic mass is 10.1. The smallest absolute Gasteiger partial charge is 0.0587 e. The number of aliphatic hydroxyl groups is 1. The van der Waals surface area contributed by atoms with Crippen LogP contribution in [0.1, 0.15) is 13.8 Å². The molecule has 0 bridgehead atoms. The first-order valence-electron chi connectivity index (χ1n) is 3.43. The van der Waals surface area contributed by atoms with E-state index in [2.05, 4.69) is 5.10 Å². The van der Waals surface area contributed by atoms with Crippen molar-refractivity contribution in [1.29, 1.82) is 0 Å². The van der Waals surface area contributed by atoms with Crippen LogP contribution in [-0.4, -0.2) is 36.5 Å². The fraction of sp³-hybridized carbons (Fsp3) is 0.857. The average molecular weight is 144 g/mol. The Kier molecular flexibility index (Phi) is 4.03. The Morgan fingerprint density at radius 3 is 2.20 bits per heavy atom. The third kappa shape index (κ3) is 4.32. The summed E-state index contributed by atoms with van der Waals surface area (Å²) in [5, 5.41) is 14.7. The van der Waals surface area contributed by atoms with Crippen molar-refractivity contribution in [3.05, 3.63) is 0 Å². The van der Waals surface area contributed by atoms with E-state index >= 15 is 0 Å². The van der Waals surface area contributed by atoms with Gasteiger partial charge in [-0.3, -0.25) is 0 Å². The molecule has 0 heterocycles. The van der Waals surface area contributed by atoms with Crippen LogP contribution in [0, 0.1) is 5.92 Å². The minimum absolute atomic E-state index is 0.127. The van der Waals surface area contributed by atoms with E-state index in [4.69, 9.17) is 5.11 Å². The van der Waals surface area contributed by atoms with E-state index in [9.17, 15) is 0 Å². The molecule has 10 heavy (non-hydrogen) atoms. The summed E-state index contributed by atoms with van der Waals surface area (Å²) in [6.07, 6.45) is 1.42. The number of rotatable bonds is 3. The van der Waals surface area contributed by atoms with Gasteiger partial charge >= 0.3 is 0 Å². The van der Waals surface area contributed by atoms with Gasteiger partial charge < -0.3 is 10.1 Å². The predicted molar refractivity (Wildman–Crippen MR) is 43.0 cm³/mol. The molecule has 0 saturated carbocycles. The highest BCUT2D eigenvalue weighted by atomic mass is 16.3. The molecule has 0 aliphatic rings. The summed E-state index contributed by atoms with van der Waals surface area (Å²) < 4.78 is 0. The molecule has 0 rings (SSSR count). The molecule has 0 aliphatic heterocycles. The zero-order valence-corrected chi connectivity index (χ0v) is 7.07. The molecule has 2 atom stereocenters. The van der Waals surface area contributed by atoms with Crippen molar-refractivity contribution in [3.8, 4) is 0 Å². The van der Waals surface area contributed by atoms with Crippen LogP contribution in [0.15, 0.2) is 5.10 Å². The van der Waals surface area contributed by atoms with Crippen LogP contribution in [0.4, 0.5) is 0 Å². The van der Waals surface area contributed by atoms with Crippen molar-refractivity contribution in [2.24, 2.45) is 11.0 Å². The van der Waals surface area contributed by atoms with Gasteiger partial charge in [-0.25, -0.2) is 0 Å². The molecule has 0 aromatic rings. The fourth-order valence-corrected chi connectivity index (χ4v) is 0.363. The van der Waals surface area contributed by atoms with Crippen LogP contribution in [0.25, 0.3) is 0 Å². The van der Waals surface area contributed by atoms with E-state index in [-0.39, 0.29) is 12.0 Å². The summed E-state index contributed by atoms with van der Waals surface area (Å²) in [7, 11) is 3.70. The zero-order valence-electron chi connectivity index (χ0n) is 7.07. The van der Waals surface area contributed by atoms with Crippen molar-refractivity contribution >= 4 is 6.21 Å². The second-order valence-electron chi connectivity index (χ2n) is 2.71. The van der Waals surface area contributed by atoms with Crippen LogP contribution in [-0.2, 0) is 0 Å². The Labute approximate surface area is 62.3 Å². The third-order valence-corrected chi connectivity index (χ3v) is 1.29. The highest BCUT2D eigenvalue weighted by molar-refractivity contribution is 5.60. The summed E-state index contributed by atoms with van der Waals surface area (Å²) in [6.45, 7) is 3.68. The number of nitrogens with zero attached hydrogens (tertiary/aromatic N) is 2. The summed E-state index contributed by atoms with van der Waals surface area (Å²) >= 11 is 0. The lowest BCUT2D eigenvalue weighted by molar-refractivity contribution is 0.166. The van der Waals surface area contributed by atoms with E-state index in [1.165, 1.54) is 0 Å². The van der Waals surface area contributed by atoms with Gasteiger partial charge in [0, 0.05) is 26.2 Å². The topological polar surface area (TPSA) is 35.8 Å². The maximum atomic E-state index is 9.02. The number of hydrogen-bond acceptors (Lipinski definition) is 3. The first-order chi connectivity index (χ1) is 4.54. The normalized spacial score (nSPS) is 17.3. The molecule has 60 valence electrons. The van der Waals surface area contributed by atoms with Gasteiger partial charge in [0.15, 0.2) is 0 Å². The fourth-order valence-electron chi connectivity index (χ4n) is 0.363. The van der Waals surface area contributed by atoms with E-state index < -0.39 is 0 Å². The summed E-state index contributed by atoms with van der Waals surface area (Å²) in [5.74, 6) is 0.127. The zero-order chi connectivity index (χ0) is 8.15. The largest absolute Gasteiger partial charge is 0.393 e. The van der Waals surface area contributed by atoms with Crippen molar-refractivity contribution in [2.75, 3.05) is 14.1 Å². The van der Waals surface area contributed by atoms with Gasteiger partial charge in [0.25, 0.3) is 0 Å². The highest BCUT2D eigenvalue weighted by Crippen LogP contribution is 1.97. The highest BCUT2D eigenvalue weighted by Gasteiger charge is 2.03. The van der Waals surface area contributed by atoms with Gasteiger partial charge in [-0.15, -0.1) is 0 Å². The Hall–Kier alpha value is -0.570. The molecule has 0 unspecified atom stereocenters. The molecule has 0 aromatic carbocycles. The lowest BCUT2D eigenvalue weighted by Crippen LogP contribution is -2.15. The standard InChI is InChI=1S/C7H16N2O/c1-6(7(2)10)5-8-9(3)4/h5-7,10H,1-4H3/b8-5+/t6-,7-/m1/s1. The van der Waals surface area contributed by atoms with Gasteiger partial charge in [0.2, 0.25) is 0 Å². The lowest BCUT2D eigenvalue weighted by Gasteiger charge is -2.09. The van der Waals surface area contributed by atoms with Gasteiger partial charge in [-0.2, -0.15) is 5.10 Å². The predicted octanol–water partition coefficient (Wildman–Crippen LogP) is 0.551. The molecule has 0 amide bonds. The maximum absolute atomic E-state index is 9.02. The number of aliphatic hydroxyl groups excluding tert-OH is 1. The van der Waals surface area contributed by atoms with E-state index in [1.54, 1.807) is 18.1 Å². The second-order valence-corrected chi connectivity index (χ2v) is 2.71. The molecule has 0 spiro atoms. The van der Waals surface area contributed by atoms with Gasteiger partial charge in [0.1, 0.15) is 0 Å². The van der Waals surface area contributed by atoms with Crippen molar-refractivity contribution in [2.45, 2.75) is 20.0 Å². The number of hydrogen-bond donors (Lipinski definition) is 1. The molecule has 0 saturated heterocycles.